The molecule has 0 atom stereocenters. The molecule has 3 nitrogen and oxygen atoms in total. The Hall–Kier alpha value is -3.41. The van der Waals surface area contributed by atoms with Crippen molar-refractivity contribution < 1.29 is 0 Å². The molecule has 0 aliphatic carbocycles. The Morgan fingerprint density at radius 2 is 0.882 bits per heavy atom. The van der Waals surface area contributed by atoms with E-state index in [1.54, 1.807) is 0 Å². The predicted octanol–water partition coefficient (Wildman–Crippen LogP) is 8.70. The van der Waals surface area contributed by atoms with Crippen molar-refractivity contribution in [2.24, 2.45) is 0 Å². The first kappa shape index (κ1) is 21.1. The van der Waals surface area contributed by atoms with Gasteiger partial charge in [0.2, 0.25) is 0 Å². The summed E-state index contributed by atoms with van der Waals surface area (Å²) in [4.78, 5) is 14.9. The van der Waals surface area contributed by atoms with Gasteiger partial charge in [0.1, 0.15) is 0 Å². The van der Waals surface area contributed by atoms with Gasteiger partial charge in [-0.25, -0.2) is 15.0 Å². The van der Waals surface area contributed by atoms with E-state index in [2.05, 4.69) is 92.5 Å². The summed E-state index contributed by atoms with van der Waals surface area (Å²) in [7, 11) is 0. The second kappa shape index (κ2) is 8.75. The lowest BCUT2D eigenvalue weighted by atomic mass is 10.0. The summed E-state index contributed by atoms with van der Waals surface area (Å²) in [5.41, 5.74) is 2.88. The quantitative estimate of drug-likeness (QED) is 0.215. The van der Waals surface area contributed by atoms with Crippen LogP contribution in [0.3, 0.4) is 0 Å². The van der Waals surface area contributed by atoms with Crippen LogP contribution in [0.1, 0.15) is 0 Å². The molecule has 0 saturated carbocycles. The summed E-state index contributed by atoms with van der Waals surface area (Å²) in [6.07, 6.45) is 0. The van der Waals surface area contributed by atoms with Crippen molar-refractivity contribution in [1.29, 1.82) is 0 Å². The van der Waals surface area contributed by atoms with Crippen molar-refractivity contribution in [3.8, 4) is 34.2 Å². The minimum absolute atomic E-state index is 0.628. The van der Waals surface area contributed by atoms with Gasteiger partial charge in [-0.05, 0) is 39.7 Å². The minimum atomic E-state index is 0.628. The smallest absolute Gasteiger partial charge is 0.164 e. The average molecular weight is 567 g/mol. The molecule has 0 N–H and O–H groups in total. The molecule has 6 rings (SSSR count). The third-order valence-electron chi connectivity index (χ3n) is 5.82. The topological polar surface area (TPSA) is 38.7 Å². The fourth-order valence-electron chi connectivity index (χ4n) is 4.27. The number of aromatic nitrogens is 3. The Balaban J connectivity index is 1.66. The third kappa shape index (κ3) is 3.91. The number of nitrogens with zero attached hydrogens (tertiary/aromatic N) is 3. The Morgan fingerprint density at radius 1 is 0.441 bits per heavy atom. The van der Waals surface area contributed by atoms with Crippen molar-refractivity contribution in [3.63, 3.8) is 0 Å². The number of fused-ring (bicyclic) bond motifs is 2. The molecule has 0 aliphatic rings. The van der Waals surface area contributed by atoms with Gasteiger partial charge in [0.15, 0.2) is 17.5 Å². The number of hydrogen-bond acceptors (Lipinski definition) is 3. The van der Waals surface area contributed by atoms with E-state index in [0.29, 0.717) is 17.5 Å². The van der Waals surface area contributed by atoms with E-state index < -0.39 is 0 Å². The van der Waals surface area contributed by atoms with Gasteiger partial charge in [0, 0.05) is 25.6 Å². The van der Waals surface area contributed by atoms with Crippen LogP contribution in [-0.2, 0) is 0 Å². The second-order valence-corrected chi connectivity index (χ2v) is 9.85. The molecule has 0 unspecified atom stereocenters. The summed E-state index contributed by atoms with van der Waals surface area (Å²) in [5.74, 6) is 1.93. The maximum atomic E-state index is 5.00. The van der Waals surface area contributed by atoms with Crippen molar-refractivity contribution >= 4 is 53.4 Å². The summed E-state index contributed by atoms with van der Waals surface area (Å²) >= 11 is 7.20. The molecule has 6 aromatic rings. The van der Waals surface area contributed by atoms with E-state index in [1.165, 1.54) is 0 Å². The van der Waals surface area contributed by atoms with Crippen LogP contribution in [0, 0.1) is 0 Å². The molecule has 0 bridgehead atoms. The highest BCUT2D eigenvalue weighted by Gasteiger charge is 2.16. The lowest BCUT2D eigenvalue weighted by Crippen LogP contribution is -2.01. The van der Waals surface area contributed by atoms with Gasteiger partial charge < -0.3 is 0 Å². The van der Waals surface area contributed by atoms with Crippen LogP contribution in [0.4, 0.5) is 0 Å². The molecular weight excluding hydrogens is 550 g/mol. The minimum Gasteiger partial charge on any atom is -0.208 e. The number of benzene rings is 5. The normalized spacial score (nSPS) is 11.2. The van der Waals surface area contributed by atoms with E-state index in [4.69, 9.17) is 15.0 Å². The van der Waals surface area contributed by atoms with Gasteiger partial charge in [-0.15, -0.1) is 0 Å². The van der Waals surface area contributed by atoms with E-state index >= 15 is 0 Å². The number of rotatable bonds is 3. The van der Waals surface area contributed by atoms with Crippen LogP contribution in [0.5, 0.6) is 0 Å². The monoisotopic (exact) mass is 565 g/mol. The van der Waals surface area contributed by atoms with E-state index in [9.17, 15) is 0 Å². The summed E-state index contributed by atoms with van der Waals surface area (Å²) < 4.78 is 1.91. The van der Waals surface area contributed by atoms with Gasteiger partial charge in [-0.3, -0.25) is 0 Å². The van der Waals surface area contributed by atoms with Crippen LogP contribution < -0.4 is 0 Å². The summed E-state index contributed by atoms with van der Waals surface area (Å²) in [6, 6.07) is 35.2. The highest BCUT2D eigenvalue weighted by atomic mass is 79.9. The molecule has 1 heterocycles. The maximum absolute atomic E-state index is 5.00. The Bertz CT molecular complexity index is 1570. The molecular formula is C29H17Br2N3. The van der Waals surface area contributed by atoms with Crippen molar-refractivity contribution in [2.75, 3.05) is 0 Å². The van der Waals surface area contributed by atoms with E-state index in [-0.39, 0.29) is 0 Å². The molecule has 1 aromatic heterocycles. The van der Waals surface area contributed by atoms with Gasteiger partial charge in [-0.1, -0.05) is 117 Å². The first-order chi connectivity index (χ1) is 16.7. The Labute approximate surface area is 213 Å². The second-order valence-electron chi connectivity index (χ2n) is 8.02. The van der Waals surface area contributed by atoms with E-state index in [1.807, 2.05) is 42.5 Å². The van der Waals surface area contributed by atoms with Crippen LogP contribution in [0.15, 0.2) is 112 Å². The standard InChI is InChI=1S/C29H17Br2N3/c30-21-15-20(16-22(31)17-21)27-32-28(25-13-5-9-18-7-1-3-11-23(18)25)34-29(33-27)26-14-6-10-19-8-2-4-12-24(19)26/h1-17H. The molecule has 5 aromatic carbocycles. The number of hydrogen-bond donors (Lipinski definition) is 0. The third-order valence-corrected chi connectivity index (χ3v) is 6.73. The lowest BCUT2D eigenvalue weighted by Gasteiger charge is -2.12. The maximum Gasteiger partial charge on any atom is 0.164 e. The van der Waals surface area contributed by atoms with E-state index in [0.717, 1.165) is 47.2 Å². The zero-order valence-electron chi connectivity index (χ0n) is 17.9. The highest BCUT2D eigenvalue weighted by molar-refractivity contribution is 9.11. The number of halogens is 2. The average Bonchev–Trinajstić information content (AvgIpc) is 2.87. The van der Waals surface area contributed by atoms with Crippen molar-refractivity contribution in [3.05, 3.63) is 112 Å². The van der Waals surface area contributed by atoms with Gasteiger partial charge >= 0.3 is 0 Å². The van der Waals surface area contributed by atoms with Crippen LogP contribution in [0.2, 0.25) is 0 Å². The first-order valence-electron chi connectivity index (χ1n) is 10.8. The van der Waals surface area contributed by atoms with Crippen LogP contribution in [0.25, 0.3) is 55.7 Å². The summed E-state index contributed by atoms with van der Waals surface area (Å²) in [5, 5.41) is 4.53. The van der Waals surface area contributed by atoms with Gasteiger partial charge in [0.05, 0.1) is 0 Å². The molecule has 0 fully saturated rings. The Morgan fingerprint density at radius 3 is 1.41 bits per heavy atom. The zero-order valence-corrected chi connectivity index (χ0v) is 21.1. The fraction of sp³-hybridized carbons (Fsp3) is 0. The molecule has 0 spiro atoms. The van der Waals surface area contributed by atoms with Crippen LogP contribution in [-0.4, -0.2) is 15.0 Å². The molecule has 5 heteroatoms. The lowest BCUT2D eigenvalue weighted by molar-refractivity contribution is 1.08. The van der Waals surface area contributed by atoms with Gasteiger partial charge in [-0.2, -0.15) is 0 Å². The van der Waals surface area contributed by atoms with Crippen molar-refractivity contribution in [2.45, 2.75) is 0 Å². The Kier molecular flexibility index (Phi) is 5.44. The molecule has 162 valence electrons. The zero-order chi connectivity index (χ0) is 23.1. The fourth-order valence-corrected chi connectivity index (χ4v) is 5.56. The van der Waals surface area contributed by atoms with Gasteiger partial charge in [0.25, 0.3) is 0 Å². The first-order valence-corrected chi connectivity index (χ1v) is 12.4. The van der Waals surface area contributed by atoms with Crippen molar-refractivity contribution in [1.82, 2.24) is 15.0 Å². The molecule has 0 radical (unpaired) electrons. The molecule has 0 saturated heterocycles. The van der Waals surface area contributed by atoms with Crippen LogP contribution >= 0.6 is 31.9 Å². The molecule has 0 amide bonds. The molecule has 0 aliphatic heterocycles. The summed E-state index contributed by atoms with van der Waals surface area (Å²) in [6.45, 7) is 0. The molecule has 34 heavy (non-hydrogen) atoms. The predicted molar refractivity (Wildman–Crippen MR) is 147 cm³/mol. The largest absolute Gasteiger partial charge is 0.208 e. The SMILES string of the molecule is Brc1cc(Br)cc(-c2nc(-c3cccc4ccccc34)nc(-c3cccc4ccccc34)n2)c1. The highest BCUT2D eigenvalue weighted by Crippen LogP contribution is 2.33.